The highest BCUT2D eigenvalue weighted by Crippen LogP contribution is 2.14. The van der Waals surface area contributed by atoms with Crippen LogP contribution in [-0.4, -0.2) is 38.0 Å². The van der Waals surface area contributed by atoms with Crippen LogP contribution >= 0.6 is 0 Å². The van der Waals surface area contributed by atoms with Crippen LogP contribution in [0.2, 0.25) is 0 Å². The van der Waals surface area contributed by atoms with E-state index in [0.29, 0.717) is 12.0 Å². The molecule has 92 valence electrons. The summed E-state index contributed by atoms with van der Waals surface area (Å²) in [7, 11) is 1.73. The Morgan fingerprint density at radius 1 is 1.33 bits per heavy atom. The summed E-state index contributed by atoms with van der Waals surface area (Å²) in [5, 5.41) is 12.7. The van der Waals surface area contributed by atoms with Gasteiger partial charge in [-0.15, -0.1) is 0 Å². The summed E-state index contributed by atoms with van der Waals surface area (Å²) >= 11 is 0. The number of hydrogen-bond acceptors (Lipinski definition) is 3. The van der Waals surface area contributed by atoms with Crippen LogP contribution in [0, 0.1) is 11.3 Å². The maximum atomic E-state index is 9.16. The van der Waals surface area contributed by atoms with Gasteiger partial charge in [0.1, 0.15) is 0 Å². The summed E-state index contributed by atoms with van der Waals surface area (Å²) in [6, 6.07) is 0.468. The van der Waals surface area contributed by atoms with Crippen molar-refractivity contribution in [2.24, 2.45) is 11.3 Å². The van der Waals surface area contributed by atoms with Crippen molar-refractivity contribution in [2.75, 3.05) is 26.9 Å². The van der Waals surface area contributed by atoms with Gasteiger partial charge < -0.3 is 15.2 Å². The molecule has 0 heterocycles. The van der Waals surface area contributed by atoms with Gasteiger partial charge in [-0.2, -0.15) is 0 Å². The van der Waals surface area contributed by atoms with Crippen molar-refractivity contribution in [3.05, 3.63) is 0 Å². The fourth-order valence-corrected chi connectivity index (χ4v) is 1.38. The molecule has 2 N–H and O–H groups in total. The fourth-order valence-electron chi connectivity index (χ4n) is 1.38. The number of aliphatic hydroxyl groups is 1. The van der Waals surface area contributed by atoms with E-state index < -0.39 is 0 Å². The largest absolute Gasteiger partial charge is 0.396 e. The molecule has 3 heteroatoms. The van der Waals surface area contributed by atoms with E-state index in [1.54, 1.807) is 7.11 Å². The first-order valence-corrected chi connectivity index (χ1v) is 5.76. The van der Waals surface area contributed by atoms with Crippen molar-refractivity contribution in [3.8, 4) is 0 Å². The SMILES string of the molecule is COCCC(NCC(C)(C)CO)C(C)C. The van der Waals surface area contributed by atoms with Gasteiger partial charge in [0.2, 0.25) is 0 Å². The number of nitrogens with one attached hydrogen (secondary N) is 1. The summed E-state index contributed by atoms with van der Waals surface area (Å²) in [4.78, 5) is 0. The second-order valence-electron chi connectivity index (χ2n) is 5.34. The van der Waals surface area contributed by atoms with Crippen LogP contribution in [0.15, 0.2) is 0 Å². The molecule has 0 bridgehead atoms. The number of rotatable bonds is 8. The lowest BCUT2D eigenvalue weighted by Crippen LogP contribution is -2.41. The van der Waals surface area contributed by atoms with Crippen LogP contribution in [0.1, 0.15) is 34.1 Å². The summed E-state index contributed by atoms with van der Waals surface area (Å²) in [5.41, 5.74) is -0.0415. The predicted molar refractivity (Wildman–Crippen MR) is 64.0 cm³/mol. The summed E-state index contributed by atoms with van der Waals surface area (Å²) in [5.74, 6) is 0.592. The van der Waals surface area contributed by atoms with Gasteiger partial charge in [-0.3, -0.25) is 0 Å². The average Bonchev–Trinajstić information content (AvgIpc) is 2.17. The second kappa shape index (κ2) is 7.20. The molecular formula is C12H27NO2. The fraction of sp³-hybridized carbons (Fsp3) is 1.00. The first-order chi connectivity index (χ1) is 6.93. The third-order valence-corrected chi connectivity index (χ3v) is 2.71. The highest BCUT2D eigenvalue weighted by atomic mass is 16.5. The molecule has 0 aliphatic carbocycles. The topological polar surface area (TPSA) is 41.5 Å². The Morgan fingerprint density at radius 2 is 1.93 bits per heavy atom. The Bertz CT molecular complexity index is 158. The lowest BCUT2D eigenvalue weighted by atomic mass is 9.93. The van der Waals surface area contributed by atoms with Gasteiger partial charge in [0.15, 0.2) is 0 Å². The highest BCUT2D eigenvalue weighted by molar-refractivity contribution is 4.76. The van der Waals surface area contributed by atoms with Gasteiger partial charge in [-0.1, -0.05) is 27.7 Å². The molecule has 0 fully saturated rings. The molecule has 0 aromatic carbocycles. The van der Waals surface area contributed by atoms with Crippen molar-refractivity contribution >= 4 is 0 Å². The number of methoxy groups -OCH3 is 1. The normalized spacial score (nSPS) is 14.6. The van der Waals surface area contributed by atoms with Crippen LogP contribution < -0.4 is 5.32 Å². The molecule has 15 heavy (non-hydrogen) atoms. The molecule has 0 aromatic rings. The van der Waals surface area contributed by atoms with Crippen molar-refractivity contribution in [3.63, 3.8) is 0 Å². The summed E-state index contributed by atoms with van der Waals surface area (Å²) in [6.45, 7) is 10.4. The molecule has 0 saturated heterocycles. The maximum absolute atomic E-state index is 9.16. The van der Waals surface area contributed by atoms with Gasteiger partial charge in [0, 0.05) is 38.3 Å². The van der Waals surface area contributed by atoms with E-state index in [9.17, 15) is 0 Å². The molecule has 1 atom stereocenters. The quantitative estimate of drug-likeness (QED) is 0.649. The van der Waals surface area contributed by atoms with E-state index in [4.69, 9.17) is 9.84 Å². The van der Waals surface area contributed by atoms with Gasteiger partial charge >= 0.3 is 0 Å². The Labute approximate surface area is 94.2 Å². The molecular weight excluding hydrogens is 190 g/mol. The van der Waals surface area contributed by atoms with Crippen molar-refractivity contribution in [2.45, 2.75) is 40.2 Å². The van der Waals surface area contributed by atoms with E-state index in [1.807, 2.05) is 0 Å². The Morgan fingerprint density at radius 3 is 2.33 bits per heavy atom. The number of ether oxygens (including phenoxy) is 1. The molecule has 3 nitrogen and oxygen atoms in total. The first-order valence-electron chi connectivity index (χ1n) is 5.76. The third-order valence-electron chi connectivity index (χ3n) is 2.71. The Hall–Kier alpha value is -0.120. The van der Waals surface area contributed by atoms with Crippen molar-refractivity contribution < 1.29 is 9.84 Å². The zero-order valence-electron chi connectivity index (χ0n) is 10.8. The van der Waals surface area contributed by atoms with Crippen LogP contribution in [0.4, 0.5) is 0 Å². The van der Waals surface area contributed by atoms with Crippen molar-refractivity contribution in [1.29, 1.82) is 0 Å². The third kappa shape index (κ3) is 6.88. The summed E-state index contributed by atoms with van der Waals surface area (Å²) < 4.78 is 5.09. The van der Waals surface area contributed by atoms with Crippen molar-refractivity contribution in [1.82, 2.24) is 5.32 Å². The monoisotopic (exact) mass is 217 g/mol. The maximum Gasteiger partial charge on any atom is 0.0494 e. The molecule has 0 aliphatic heterocycles. The lowest BCUT2D eigenvalue weighted by molar-refractivity contribution is 0.138. The van der Waals surface area contributed by atoms with Crippen LogP contribution in [0.5, 0.6) is 0 Å². The van der Waals surface area contributed by atoms with E-state index in [1.165, 1.54) is 0 Å². The lowest BCUT2D eigenvalue weighted by Gasteiger charge is -2.28. The molecule has 0 aliphatic rings. The van der Waals surface area contributed by atoms with E-state index in [-0.39, 0.29) is 12.0 Å². The smallest absolute Gasteiger partial charge is 0.0494 e. The van der Waals surface area contributed by atoms with Crippen LogP contribution in [0.3, 0.4) is 0 Å². The molecule has 0 radical (unpaired) electrons. The van der Waals surface area contributed by atoms with E-state index in [0.717, 1.165) is 19.6 Å². The Balaban J connectivity index is 3.95. The van der Waals surface area contributed by atoms with Gasteiger partial charge in [0.25, 0.3) is 0 Å². The second-order valence-corrected chi connectivity index (χ2v) is 5.34. The average molecular weight is 217 g/mol. The predicted octanol–water partition coefficient (Wildman–Crippen LogP) is 1.66. The number of aliphatic hydroxyl groups excluding tert-OH is 1. The molecule has 0 amide bonds. The first kappa shape index (κ1) is 14.9. The molecule has 0 saturated carbocycles. The molecule has 0 aromatic heterocycles. The standard InChI is InChI=1S/C12H27NO2/c1-10(2)11(6-7-15-5)13-8-12(3,4)9-14/h10-11,13-14H,6-9H2,1-5H3. The molecule has 0 rings (SSSR count). The zero-order chi connectivity index (χ0) is 11.9. The highest BCUT2D eigenvalue weighted by Gasteiger charge is 2.20. The molecule has 0 spiro atoms. The van der Waals surface area contributed by atoms with Gasteiger partial charge in [-0.05, 0) is 12.3 Å². The van der Waals surface area contributed by atoms with Crippen LogP contribution in [-0.2, 0) is 4.74 Å². The minimum atomic E-state index is -0.0415. The zero-order valence-corrected chi connectivity index (χ0v) is 10.8. The van der Waals surface area contributed by atoms with Gasteiger partial charge in [0.05, 0.1) is 0 Å². The summed E-state index contributed by atoms with van der Waals surface area (Å²) in [6.07, 6.45) is 1.02. The number of hydrogen-bond donors (Lipinski definition) is 2. The molecule has 1 unspecified atom stereocenters. The Kier molecular flexibility index (Phi) is 7.14. The minimum Gasteiger partial charge on any atom is -0.396 e. The van der Waals surface area contributed by atoms with Gasteiger partial charge in [-0.25, -0.2) is 0 Å². The minimum absolute atomic E-state index is 0.0415. The van der Waals surface area contributed by atoms with E-state index in [2.05, 4.69) is 33.0 Å². The van der Waals surface area contributed by atoms with Crippen LogP contribution in [0.25, 0.3) is 0 Å². The van der Waals surface area contributed by atoms with E-state index >= 15 is 0 Å².